The van der Waals surface area contributed by atoms with Crippen molar-refractivity contribution in [3.05, 3.63) is 0 Å². The van der Waals surface area contributed by atoms with Gasteiger partial charge in [0.2, 0.25) is 0 Å². The molecule has 6 nitrogen and oxygen atoms in total. The molecule has 1 aliphatic rings. The van der Waals surface area contributed by atoms with Crippen LogP contribution >= 0.6 is 0 Å². The second-order valence-electron chi connectivity index (χ2n) is 4.00. The van der Waals surface area contributed by atoms with E-state index in [4.69, 9.17) is 0 Å². The van der Waals surface area contributed by atoms with Crippen LogP contribution in [0.5, 0.6) is 0 Å². The van der Waals surface area contributed by atoms with Crippen molar-refractivity contribution in [3.63, 3.8) is 0 Å². The van der Waals surface area contributed by atoms with Crippen LogP contribution < -0.4 is 0 Å². The summed E-state index contributed by atoms with van der Waals surface area (Å²) in [6, 6.07) is 0. The molecule has 0 aromatic rings. The molecule has 1 aliphatic heterocycles. The van der Waals surface area contributed by atoms with Crippen molar-refractivity contribution in [3.8, 4) is 0 Å². The van der Waals surface area contributed by atoms with E-state index in [0.717, 1.165) is 0 Å². The van der Waals surface area contributed by atoms with Gasteiger partial charge in [-0.1, -0.05) is 0 Å². The fourth-order valence-electron chi connectivity index (χ4n) is 1.63. The van der Waals surface area contributed by atoms with Gasteiger partial charge >= 0.3 is 11.9 Å². The van der Waals surface area contributed by atoms with Gasteiger partial charge in [-0.3, -0.25) is 14.5 Å². The standard InChI is InChI=1S/C11H18N2O4/c1-3-17-11(16)10(15)13-7-6-12(8-13)5-4-9(2)14/h3-8H2,1-2H3. The summed E-state index contributed by atoms with van der Waals surface area (Å²) in [5.74, 6) is -1.28. The third kappa shape index (κ3) is 4.14. The molecule has 0 spiro atoms. The molecule has 1 saturated heterocycles. The molecular formula is C11H18N2O4. The molecule has 17 heavy (non-hydrogen) atoms. The second-order valence-corrected chi connectivity index (χ2v) is 4.00. The molecule has 1 heterocycles. The van der Waals surface area contributed by atoms with E-state index in [1.54, 1.807) is 6.92 Å². The van der Waals surface area contributed by atoms with Crippen molar-refractivity contribution in [2.24, 2.45) is 0 Å². The van der Waals surface area contributed by atoms with Crippen molar-refractivity contribution in [1.29, 1.82) is 0 Å². The van der Waals surface area contributed by atoms with Crippen LogP contribution in [-0.4, -0.2) is 60.4 Å². The molecule has 1 amide bonds. The van der Waals surface area contributed by atoms with Gasteiger partial charge in [0, 0.05) is 26.1 Å². The second kappa shape index (κ2) is 6.34. The van der Waals surface area contributed by atoms with Crippen molar-refractivity contribution in [1.82, 2.24) is 9.80 Å². The maximum absolute atomic E-state index is 11.6. The highest BCUT2D eigenvalue weighted by Gasteiger charge is 2.29. The number of ether oxygens (including phenoxy) is 1. The van der Waals surface area contributed by atoms with Crippen LogP contribution in [0.25, 0.3) is 0 Å². The molecule has 0 unspecified atom stereocenters. The fraction of sp³-hybridized carbons (Fsp3) is 0.727. The highest BCUT2D eigenvalue weighted by Crippen LogP contribution is 2.06. The normalized spacial score (nSPS) is 16.0. The first kappa shape index (κ1) is 13.6. The predicted octanol–water partition coefficient (Wildman–Crippen LogP) is -0.370. The van der Waals surface area contributed by atoms with Gasteiger partial charge in [0.15, 0.2) is 0 Å². The summed E-state index contributed by atoms with van der Waals surface area (Å²) in [7, 11) is 0. The monoisotopic (exact) mass is 242 g/mol. The summed E-state index contributed by atoms with van der Waals surface area (Å²) in [5.41, 5.74) is 0. The van der Waals surface area contributed by atoms with E-state index in [1.807, 2.05) is 4.90 Å². The molecule has 0 aromatic carbocycles. The lowest BCUT2D eigenvalue weighted by Gasteiger charge is -2.16. The Morgan fingerprint density at radius 2 is 1.94 bits per heavy atom. The highest BCUT2D eigenvalue weighted by molar-refractivity contribution is 6.32. The highest BCUT2D eigenvalue weighted by atomic mass is 16.5. The van der Waals surface area contributed by atoms with Crippen LogP contribution in [0.1, 0.15) is 20.3 Å². The summed E-state index contributed by atoms with van der Waals surface area (Å²) < 4.78 is 4.65. The van der Waals surface area contributed by atoms with Crippen molar-refractivity contribution < 1.29 is 19.1 Å². The van der Waals surface area contributed by atoms with E-state index in [1.165, 1.54) is 11.8 Å². The average molecular weight is 242 g/mol. The lowest BCUT2D eigenvalue weighted by Crippen LogP contribution is -2.37. The van der Waals surface area contributed by atoms with E-state index in [-0.39, 0.29) is 12.4 Å². The summed E-state index contributed by atoms with van der Waals surface area (Å²) >= 11 is 0. The Labute approximate surface area is 101 Å². The van der Waals surface area contributed by atoms with Gasteiger partial charge in [-0.2, -0.15) is 0 Å². The number of hydrogen-bond acceptors (Lipinski definition) is 5. The maximum Gasteiger partial charge on any atom is 0.397 e. The maximum atomic E-state index is 11.6. The number of carbonyl (C=O) groups excluding carboxylic acids is 3. The molecule has 0 saturated carbocycles. The Morgan fingerprint density at radius 3 is 2.53 bits per heavy atom. The molecule has 0 bridgehead atoms. The van der Waals surface area contributed by atoms with Gasteiger partial charge in [-0.25, -0.2) is 4.79 Å². The Hall–Kier alpha value is -1.43. The van der Waals surface area contributed by atoms with E-state index in [2.05, 4.69) is 4.74 Å². The number of hydrogen-bond donors (Lipinski definition) is 0. The number of ketones is 1. The average Bonchev–Trinajstić information content (AvgIpc) is 2.74. The Kier molecular flexibility index (Phi) is 5.09. The molecule has 1 fully saturated rings. The zero-order chi connectivity index (χ0) is 12.8. The number of rotatable bonds is 4. The van der Waals surface area contributed by atoms with Crippen molar-refractivity contribution >= 4 is 17.7 Å². The van der Waals surface area contributed by atoms with Crippen LogP contribution in [0.4, 0.5) is 0 Å². The van der Waals surface area contributed by atoms with Crippen LogP contribution in [0.3, 0.4) is 0 Å². The molecule has 0 aromatic heterocycles. The van der Waals surface area contributed by atoms with E-state index >= 15 is 0 Å². The molecule has 6 heteroatoms. The van der Waals surface area contributed by atoms with Gasteiger partial charge in [0.05, 0.1) is 13.3 Å². The van der Waals surface area contributed by atoms with Gasteiger partial charge in [0.1, 0.15) is 5.78 Å². The predicted molar refractivity (Wildman–Crippen MR) is 60.1 cm³/mol. The Balaban J connectivity index is 2.36. The summed E-state index contributed by atoms with van der Waals surface area (Å²) in [4.78, 5) is 37.0. The number of nitrogens with zero attached hydrogens (tertiary/aromatic N) is 2. The molecule has 0 atom stereocenters. The van der Waals surface area contributed by atoms with Gasteiger partial charge in [-0.05, 0) is 13.8 Å². The zero-order valence-electron chi connectivity index (χ0n) is 10.3. The van der Waals surface area contributed by atoms with Gasteiger partial charge < -0.3 is 9.64 Å². The zero-order valence-corrected chi connectivity index (χ0v) is 10.3. The fourth-order valence-corrected chi connectivity index (χ4v) is 1.63. The lowest BCUT2D eigenvalue weighted by atomic mass is 10.3. The third-order valence-electron chi connectivity index (χ3n) is 2.57. The molecule has 0 N–H and O–H groups in total. The lowest BCUT2D eigenvalue weighted by molar-refractivity contribution is -0.159. The summed E-state index contributed by atoms with van der Waals surface area (Å²) in [5, 5.41) is 0. The molecule has 1 rings (SSSR count). The van der Waals surface area contributed by atoms with Gasteiger partial charge in [0.25, 0.3) is 0 Å². The van der Waals surface area contributed by atoms with Crippen LogP contribution in [0, 0.1) is 0 Å². The molecule has 0 radical (unpaired) electrons. The number of esters is 1. The van der Waals surface area contributed by atoms with Crippen LogP contribution in [0.2, 0.25) is 0 Å². The first-order valence-corrected chi connectivity index (χ1v) is 5.72. The SMILES string of the molecule is CCOC(=O)C(=O)N1CCN(CCC(C)=O)C1. The number of amides is 1. The smallest absolute Gasteiger partial charge is 0.397 e. The topological polar surface area (TPSA) is 66.9 Å². The van der Waals surface area contributed by atoms with Crippen LogP contribution in [-0.2, 0) is 19.1 Å². The Bertz CT molecular complexity index is 317. The first-order valence-electron chi connectivity index (χ1n) is 5.72. The number of carbonyl (C=O) groups is 3. The minimum absolute atomic E-state index is 0.125. The summed E-state index contributed by atoms with van der Waals surface area (Å²) in [6.45, 7) is 5.62. The minimum atomic E-state index is -0.805. The van der Waals surface area contributed by atoms with Crippen molar-refractivity contribution in [2.75, 3.05) is 32.9 Å². The molecular weight excluding hydrogens is 224 g/mol. The Morgan fingerprint density at radius 1 is 1.24 bits per heavy atom. The molecule has 96 valence electrons. The number of Topliss-reactive ketones (excluding diaryl/α,β-unsaturated/α-hetero) is 1. The van der Waals surface area contributed by atoms with E-state index in [0.29, 0.717) is 32.7 Å². The van der Waals surface area contributed by atoms with Gasteiger partial charge in [-0.15, -0.1) is 0 Å². The van der Waals surface area contributed by atoms with E-state index < -0.39 is 11.9 Å². The quantitative estimate of drug-likeness (QED) is 0.497. The summed E-state index contributed by atoms with van der Waals surface area (Å²) in [6.07, 6.45) is 0.474. The third-order valence-corrected chi connectivity index (χ3v) is 2.57. The van der Waals surface area contributed by atoms with E-state index in [9.17, 15) is 14.4 Å². The first-order chi connectivity index (χ1) is 8.04. The van der Waals surface area contributed by atoms with Crippen molar-refractivity contribution in [2.45, 2.75) is 20.3 Å². The largest absolute Gasteiger partial charge is 0.459 e. The van der Waals surface area contributed by atoms with Crippen LogP contribution in [0.15, 0.2) is 0 Å². The minimum Gasteiger partial charge on any atom is -0.459 e. The molecule has 0 aliphatic carbocycles.